The fourth-order valence-electron chi connectivity index (χ4n) is 1.78. The third kappa shape index (κ3) is 1.97. The molecule has 0 aliphatic heterocycles. The minimum absolute atomic E-state index is 0.0984. The van der Waals surface area contributed by atoms with Crippen LogP contribution in [0.2, 0.25) is 0 Å². The van der Waals surface area contributed by atoms with E-state index in [1.54, 1.807) is 0 Å². The van der Waals surface area contributed by atoms with Gasteiger partial charge < -0.3 is 9.84 Å². The van der Waals surface area contributed by atoms with Gasteiger partial charge in [-0.05, 0) is 25.2 Å². The number of rotatable bonds is 1. The van der Waals surface area contributed by atoms with Gasteiger partial charge in [-0.3, -0.25) is 4.79 Å². The van der Waals surface area contributed by atoms with Gasteiger partial charge in [0.05, 0.1) is 19.1 Å². The molecule has 0 bridgehead atoms. The molecule has 0 aromatic heterocycles. The summed E-state index contributed by atoms with van der Waals surface area (Å²) in [6.45, 7) is 2.04. The number of methoxy groups -OCH3 is 1. The van der Waals surface area contributed by atoms with Crippen molar-refractivity contribution < 1.29 is 14.6 Å². The van der Waals surface area contributed by atoms with E-state index in [2.05, 4.69) is 4.74 Å². The zero-order chi connectivity index (χ0) is 9.14. The molecule has 2 unspecified atom stereocenters. The van der Waals surface area contributed by atoms with Crippen molar-refractivity contribution in [1.82, 2.24) is 0 Å². The number of hydrogen-bond donors (Lipinski definition) is 1. The first-order valence-electron chi connectivity index (χ1n) is 4.41. The van der Waals surface area contributed by atoms with E-state index in [4.69, 9.17) is 0 Å². The molecule has 1 N–H and O–H groups in total. The molecule has 1 fully saturated rings. The second-order valence-corrected chi connectivity index (χ2v) is 3.57. The van der Waals surface area contributed by atoms with Crippen molar-refractivity contribution in [3.05, 3.63) is 0 Å². The van der Waals surface area contributed by atoms with Crippen LogP contribution in [0, 0.1) is 11.8 Å². The molecule has 0 aromatic carbocycles. The highest BCUT2D eigenvalue weighted by Gasteiger charge is 2.32. The van der Waals surface area contributed by atoms with E-state index in [0.29, 0.717) is 12.3 Å². The molecule has 1 saturated carbocycles. The highest BCUT2D eigenvalue weighted by molar-refractivity contribution is 5.72. The van der Waals surface area contributed by atoms with Crippen LogP contribution in [-0.2, 0) is 9.53 Å². The van der Waals surface area contributed by atoms with E-state index < -0.39 is 0 Å². The van der Waals surface area contributed by atoms with Crippen LogP contribution in [0.15, 0.2) is 0 Å². The third-order valence-electron chi connectivity index (χ3n) is 2.67. The molecular formula is C9H16O3. The standard InChI is InChI=1S/C9H16O3/c1-6-3-4-7(10)5-8(6)9(11)12-2/h6-8,10H,3-5H2,1-2H3/t6?,7-,8?/m1/s1. The van der Waals surface area contributed by atoms with Crippen LogP contribution < -0.4 is 0 Å². The first kappa shape index (κ1) is 9.52. The van der Waals surface area contributed by atoms with Crippen molar-refractivity contribution in [1.29, 1.82) is 0 Å². The van der Waals surface area contributed by atoms with Gasteiger partial charge in [0.15, 0.2) is 0 Å². The Morgan fingerprint density at radius 1 is 1.50 bits per heavy atom. The maximum atomic E-state index is 11.2. The average molecular weight is 172 g/mol. The van der Waals surface area contributed by atoms with Crippen molar-refractivity contribution in [2.45, 2.75) is 32.3 Å². The first-order valence-corrected chi connectivity index (χ1v) is 4.41. The van der Waals surface area contributed by atoms with Gasteiger partial charge in [-0.2, -0.15) is 0 Å². The van der Waals surface area contributed by atoms with Crippen molar-refractivity contribution >= 4 is 5.97 Å². The lowest BCUT2D eigenvalue weighted by Gasteiger charge is -2.29. The summed E-state index contributed by atoms with van der Waals surface area (Å²) in [7, 11) is 1.40. The molecule has 70 valence electrons. The Balaban J connectivity index is 2.54. The molecule has 0 radical (unpaired) electrons. The number of carbonyl (C=O) groups excluding carboxylic acids is 1. The lowest BCUT2D eigenvalue weighted by Crippen LogP contribution is -2.32. The fourth-order valence-corrected chi connectivity index (χ4v) is 1.78. The van der Waals surface area contributed by atoms with Gasteiger partial charge in [0.25, 0.3) is 0 Å². The topological polar surface area (TPSA) is 46.5 Å². The molecule has 1 aliphatic rings. The number of aliphatic hydroxyl groups is 1. The van der Waals surface area contributed by atoms with Gasteiger partial charge in [-0.25, -0.2) is 0 Å². The summed E-state index contributed by atoms with van der Waals surface area (Å²) in [5.41, 5.74) is 0. The number of esters is 1. The Labute approximate surface area is 72.7 Å². The lowest BCUT2D eigenvalue weighted by atomic mass is 9.79. The summed E-state index contributed by atoms with van der Waals surface area (Å²) in [6, 6.07) is 0. The van der Waals surface area contributed by atoms with Crippen LogP contribution in [-0.4, -0.2) is 24.3 Å². The van der Waals surface area contributed by atoms with E-state index in [1.165, 1.54) is 7.11 Å². The Kier molecular flexibility index (Phi) is 3.09. The Hall–Kier alpha value is -0.570. The van der Waals surface area contributed by atoms with Crippen LogP contribution in [0.1, 0.15) is 26.2 Å². The van der Waals surface area contributed by atoms with Crippen molar-refractivity contribution in [3.8, 4) is 0 Å². The molecule has 0 heterocycles. The van der Waals surface area contributed by atoms with Crippen LogP contribution in [0.4, 0.5) is 0 Å². The van der Waals surface area contributed by atoms with E-state index in [-0.39, 0.29) is 18.0 Å². The van der Waals surface area contributed by atoms with E-state index in [9.17, 15) is 9.90 Å². The highest BCUT2D eigenvalue weighted by atomic mass is 16.5. The van der Waals surface area contributed by atoms with Gasteiger partial charge >= 0.3 is 5.97 Å². The number of aliphatic hydroxyl groups excluding tert-OH is 1. The minimum Gasteiger partial charge on any atom is -0.469 e. The van der Waals surface area contributed by atoms with Gasteiger partial charge in [0.2, 0.25) is 0 Å². The largest absolute Gasteiger partial charge is 0.469 e. The predicted octanol–water partition coefficient (Wildman–Crippen LogP) is 0.956. The van der Waals surface area contributed by atoms with Gasteiger partial charge in [0, 0.05) is 0 Å². The van der Waals surface area contributed by atoms with Crippen LogP contribution in [0.5, 0.6) is 0 Å². The maximum Gasteiger partial charge on any atom is 0.309 e. The van der Waals surface area contributed by atoms with Crippen LogP contribution >= 0.6 is 0 Å². The summed E-state index contributed by atoms with van der Waals surface area (Å²) in [5, 5.41) is 9.33. The molecule has 3 atom stereocenters. The van der Waals surface area contributed by atoms with Gasteiger partial charge in [-0.1, -0.05) is 6.92 Å². The number of hydrogen-bond acceptors (Lipinski definition) is 3. The lowest BCUT2D eigenvalue weighted by molar-refractivity contribution is -0.150. The second kappa shape index (κ2) is 3.90. The Morgan fingerprint density at radius 3 is 2.75 bits per heavy atom. The van der Waals surface area contributed by atoms with Gasteiger partial charge in [0.1, 0.15) is 0 Å². The smallest absolute Gasteiger partial charge is 0.309 e. The van der Waals surface area contributed by atoms with E-state index >= 15 is 0 Å². The molecule has 0 aromatic rings. The second-order valence-electron chi connectivity index (χ2n) is 3.57. The summed E-state index contributed by atoms with van der Waals surface area (Å²) in [5.74, 6) is 0.0702. The third-order valence-corrected chi connectivity index (χ3v) is 2.67. The molecule has 0 saturated heterocycles. The van der Waals surface area contributed by atoms with Crippen molar-refractivity contribution in [2.24, 2.45) is 11.8 Å². The summed E-state index contributed by atoms with van der Waals surface area (Å²) in [6.07, 6.45) is 1.98. The SMILES string of the molecule is COC(=O)C1C[C@H](O)CCC1C. The predicted molar refractivity (Wildman–Crippen MR) is 44.5 cm³/mol. The quantitative estimate of drug-likeness (QED) is 0.599. The molecule has 1 rings (SSSR count). The van der Waals surface area contributed by atoms with Crippen molar-refractivity contribution in [2.75, 3.05) is 7.11 Å². The first-order chi connectivity index (χ1) is 5.65. The Morgan fingerprint density at radius 2 is 2.17 bits per heavy atom. The average Bonchev–Trinajstić information content (AvgIpc) is 2.08. The molecule has 0 amide bonds. The normalized spacial score (nSPS) is 36.1. The molecular weight excluding hydrogens is 156 g/mol. The summed E-state index contributed by atoms with van der Waals surface area (Å²) in [4.78, 5) is 11.2. The Bertz CT molecular complexity index is 167. The molecule has 3 heteroatoms. The van der Waals surface area contributed by atoms with Crippen molar-refractivity contribution in [3.63, 3.8) is 0 Å². The monoisotopic (exact) mass is 172 g/mol. The zero-order valence-electron chi connectivity index (χ0n) is 7.62. The van der Waals surface area contributed by atoms with E-state index in [1.807, 2.05) is 6.92 Å². The van der Waals surface area contributed by atoms with Gasteiger partial charge in [-0.15, -0.1) is 0 Å². The maximum absolute atomic E-state index is 11.2. The van der Waals surface area contributed by atoms with E-state index in [0.717, 1.165) is 12.8 Å². The minimum atomic E-state index is -0.315. The summed E-state index contributed by atoms with van der Waals surface area (Å²) < 4.78 is 4.66. The number of carbonyl (C=O) groups is 1. The highest BCUT2D eigenvalue weighted by Crippen LogP contribution is 2.30. The molecule has 0 spiro atoms. The number of ether oxygens (including phenoxy) is 1. The molecule has 1 aliphatic carbocycles. The fraction of sp³-hybridized carbons (Fsp3) is 0.889. The summed E-state index contributed by atoms with van der Waals surface area (Å²) >= 11 is 0. The molecule has 12 heavy (non-hydrogen) atoms. The van der Waals surface area contributed by atoms with Crippen LogP contribution in [0.3, 0.4) is 0 Å². The van der Waals surface area contributed by atoms with Crippen LogP contribution in [0.25, 0.3) is 0 Å². The zero-order valence-corrected chi connectivity index (χ0v) is 7.62. The molecule has 3 nitrogen and oxygen atoms in total.